The Bertz CT molecular complexity index is 739. The quantitative estimate of drug-likeness (QED) is 0.730. The van der Waals surface area contributed by atoms with Crippen LogP contribution in [0.3, 0.4) is 0 Å². The van der Waals surface area contributed by atoms with Gasteiger partial charge in [-0.15, -0.1) is 0 Å². The van der Waals surface area contributed by atoms with E-state index >= 15 is 0 Å². The number of halogens is 1. The van der Waals surface area contributed by atoms with E-state index in [1.807, 2.05) is 29.8 Å². The normalized spacial score (nSPS) is 10.9. The molecule has 0 spiro atoms. The summed E-state index contributed by atoms with van der Waals surface area (Å²) in [7, 11) is 0. The molecule has 3 aromatic rings. The first-order chi connectivity index (χ1) is 9.76. The van der Waals surface area contributed by atoms with Crippen LogP contribution in [0.2, 0.25) is 0 Å². The fourth-order valence-corrected chi connectivity index (χ4v) is 2.48. The SMILES string of the molecule is CCn1ncnc1COc1ccc2cc(Br)ccc2c1. The minimum absolute atomic E-state index is 0.426. The number of aryl methyl sites for hydroxylation is 1. The van der Waals surface area contributed by atoms with Crippen LogP contribution in [0.25, 0.3) is 10.8 Å². The van der Waals surface area contributed by atoms with Gasteiger partial charge in [-0.05, 0) is 42.0 Å². The molecule has 0 fully saturated rings. The molecule has 0 aliphatic heterocycles. The van der Waals surface area contributed by atoms with Gasteiger partial charge in [-0.1, -0.05) is 28.1 Å². The molecule has 5 heteroatoms. The molecule has 0 saturated heterocycles. The Kier molecular flexibility index (Phi) is 3.69. The molecule has 0 amide bonds. The molecule has 0 radical (unpaired) electrons. The maximum Gasteiger partial charge on any atom is 0.164 e. The summed E-state index contributed by atoms with van der Waals surface area (Å²) in [5, 5.41) is 6.47. The van der Waals surface area contributed by atoms with E-state index in [0.717, 1.165) is 28.0 Å². The molecule has 0 bridgehead atoms. The van der Waals surface area contributed by atoms with Crippen molar-refractivity contribution in [3.63, 3.8) is 0 Å². The lowest BCUT2D eigenvalue weighted by molar-refractivity contribution is 0.287. The average Bonchev–Trinajstić information content (AvgIpc) is 2.92. The molecule has 1 heterocycles. The smallest absolute Gasteiger partial charge is 0.164 e. The van der Waals surface area contributed by atoms with Crippen LogP contribution in [-0.2, 0) is 13.2 Å². The highest BCUT2D eigenvalue weighted by Crippen LogP contribution is 2.24. The summed E-state index contributed by atoms with van der Waals surface area (Å²) in [5.41, 5.74) is 0. The minimum Gasteiger partial charge on any atom is -0.486 e. The van der Waals surface area contributed by atoms with Crippen molar-refractivity contribution in [1.82, 2.24) is 14.8 Å². The summed E-state index contributed by atoms with van der Waals surface area (Å²) in [4.78, 5) is 4.20. The predicted octanol–water partition coefficient (Wildman–Crippen LogP) is 3.79. The fraction of sp³-hybridized carbons (Fsp3) is 0.200. The molecule has 0 atom stereocenters. The third-order valence-corrected chi connectivity index (χ3v) is 3.63. The molecule has 20 heavy (non-hydrogen) atoms. The van der Waals surface area contributed by atoms with Crippen molar-refractivity contribution in [2.45, 2.75) is 20.1 Å². The van der Waals surface area contributed by atoms with Crippen molar-refractivity contribution in [2.75, 3.05) is 0 Å². The number of hydrogen-bond donors (Lipinski definition) is 0. The first-order valence-electron chi connectivity index (χ1n) is 6.45. The summed E-state index contributed by atoms with van der Waals surface area (Å²) in [5.74, 6) is 1.67. The third-order valence-electron chi connectivity index (χ3n) is 3.14. The van der Waals surface area contributed by atoms with Crippen LogP contribution in [0.4, 0.5) is 0 Å². The van der Waals surface area contributed by atoms with Gasteiger partial charge in [-0.25, -0.2) is 9.67 Å². The lowest BCUT2D eigenvalue weighted by atomic mass is 10.1. The Hall–Kier alpha value is -1.88. The highest BCUT2D eigenvalue weighted by atomic mass is 79.9. The molecular weight excluding hydrogens is 318 g/mol. The van der Waals surface area contributed by atoms with E-state index < -0.39 is 0 Å². The standard InChI is InChI=1S/C15H14BrN3O/c1-2-19-15(17-10-18-19)9-20-14-6-4-11-7-13(16)5-3-12(11)8-14/h3-8,10H,2,9H2,1H3. The predicted molar refractivity (Wildman–Crippen MR) is 81.7 cm³/mol. The topological polar surface area (TPSA) is 39.9 Å². The number of rotatable bonds is 4. The molecule has 0 saturated carbocycles. The maximum absolute atomic E-state index is 5.80. The zero-order valence-electron chi connectivity index (χ0n) is 11.1. The van der Waals surface area contributed by atoms with Crippen LogP contribution >= 0.6 is 15.9 Å². The molecule has 2 aromatic carbocycles. The van der Waals surface area contributed by atoms with Gasteiger partial charge in [0.2, 0.25) is 0 Å². The highest BCUT2D eigenvalue weighted by Gasteiger charge is 2.04. The van der Waals surface area contributed by atoms with E-state index in [1.54, 1.807) is 6.33 Å². The Balaban J connectivity index is 1.79. The number of benzene rings is 2. The summed E-state index contributed by atoms with van der Waals surface area (Å²) < 4.78 is 8.71. The number of fused-ring (bicyclic) bond motifs is 1. The molecule has 4 nitrogen and oxygen atoms in total. The van der Waals surface area contributed by atoms with Gasteiger partial charge < -0.3 is 4.74 Å². The number of ether oxygens (including phenoxy) is 1. The first kappa shape index (κ1) is 13.1. The van der Waals surface area contributed by atoms with Gasteiger partial charge in [-0.2, -0.15) is 5.10 Å². The van der Waals surface area contributed by atoms with Gasteiger partial charge in [0.1, 0.15) is 18.7 Å². The van der Waals surface area contributed by atoms with E-state index in [4.69, 9.17) is 4.74 Å². The largest absolute Gasteiger partial charge is 0.486 e. The van der Waals surface area contributed by atoms with E-state index in [9.17, 15) is 0 Å². The molecular formula is C15H14BrN3O. The molecule has 0 unspecified atom stereocenters. The summed E-state index contributed by atoms with van der Waals surface area (Å²) >= 11 is 3.47. The van der Waals surface area contributed by atoms with E-state index in [1.165, 1.54) is 5.39 Å². The first-order valence-corrected chi connectivity index (χ1v) is 7.24. The van der Waals surface area contributed by atoms with E-state index in [-0.39, 0.29) is 0 Å². The maximum atomic E-state index is 5.80. The van der Waals surface area contributed by atoms with E-state index in [2.05, 4.69) is 44.2 Å². The second kappa shape index (κ2) is 5.63. The molecule has 0 aliphatic carbocycles. The van der Waals surface area contributed by atoms with Crippen LogP contribution in [0, 0.1) is 0 Å². The summed E-state index contributed by atoms with van der Waals surface area (Å²) in [6, 6.07) is 12.3. The van der Waals surface area contributed by atoms with Gasteiger partial charge in [0.05, 0.1) is 0 Å². The van der Waals surface area contributed by atoms with Crippen molar-refractivity contribution >= 4 is 26.7 Å². The van der Waals surface area contributed by atoms with Gasteiger partial charge >= 0.3 is 0 Å². The van der Waals surface area contributed by atoms with Crippen molar-refractivity contribution in [3.8, 4) is 5.75 Å². The zero-order valence-corrected chi connectivity index (χ0v) is 12.7. The Morgan fingerprint density at radius 3 is 2.80 bits per heavy atom. The van der Waals surface area contributed by atoms with Gasteiger partial charge in [-0.3, -0.25) is 0 Å². The van der Waals surface area contributed by atoms with Crippen LogP contribution in [-0.4, -0.2) is 14.8 Å². The van der Waals surface area contributed by atoms with Crippen molar-refractivity contribution < 1.29 is 4.74 Å². The van der Waals surface area contributed by atoms with Crippen LogP contribution in [0.5, 0.6) is 5.75 Å². The number of aromatic nitrogens is 3. The van der Waals surface area contributed by atoms with E-state index in [0.29, 0.717) is 6.61 Å². The summed E-state index contributed by atoms with van der Waals surface area (Å²) in [6.45, 7) is 3.26. The molecule has 102 valence electrons. The Morgan fingerprint density at radius 1 is 1.15 bits per heavy atom. The molecule has 0 N–H and O–H groups in total. The van der Waals surface area contributed by atoms with Crippen LogP contribution in [0.15, 0.2) is 47.2 Å². The monoisotopic (exact) mass is 331 g/mol. The lowest BCUT2D eigenvalue weighted by Crippen LogP contribution is -2.07. The number of nitrogens with zero attached hydrogens (tertiary/aromatic N) is 3. The molecule has 3 rings (SSSR count). The Morgan fingerprint density at radius 2 is 1.95 bits per heavy atom. The lowest BCUT2D eigenvalue weighted by Gasteiger charge is -2.08. The van der Waals surface area contributed by atoms with Crippen molar-refractivity contribution in [1.29, 1.82) is 0 Å². The fourth-order valence-electron chi connectivity index (χ4n) is 2.10. The van der Waals surface area contributed by atoms with Gasteiger partial charge in [0, 0.05) is 11.0 Å². The average molecular weight is 332 g/mol. The van der Waals surface area contributed by atoms with Gasteiger partial charge in [0.15, 0.2) is 5.82 Å². The second-order valence-corrected chi connectivity index (χ2v) is 5.35. The molecule has 0 aliphatic rings. The summed E-state index contributed by atoms with van der Waals surface area (Å²) in [6.07, 6.45) is 1.56. The second-order valence-electron chi connectivity index (χ2n) is 4.43. The van der Waals surface area contributed by atoms with Crippen LogP contribution in [0.1, 0.15) is 12.7 Å². The third kappa shape index (κ3) is 2.67. The minimum atomic E-state index is 0.426. The Labute approximate surface area is 125 Å². The van der Waals surface area contributed by atoms with Gasteiger partial charge in [0.25, 0.3) is 0 Å². The van der Waals surface area contributed by atoms with Crippen molar-refractivity contribution in [2.24, 2.45) is 0 Å². The van der Waals surface area contributed by atoms with Crippen LogP contribution < -0.4 is 4.74 Å². The highest BCUT2D eigenvalue weighted by molar-refractivity contribution is 9.10. The van der Waals surface area contributed by atoms with Crippen molar-refractivity contribution in [3.05, 3.63) is 53.0 Å². The zero-order chi connectivity index (χ0) is 13.9. The molecule has 1 aromatic heterocycles. The number of hydrogen-bond acceptors (Lipinski definition) is 3.